The molecule has 6 saturated heterocycles. The molecule has 16 bridgehead atoms. The van der Waals surface area contributed by atoms with Crippen LogP contribution in [0.25, 0.3) is 56.7 Å². The molecule has 16 nitrogen and oxygen atoms in total. The second-order valence-electron chi connectivity index (χ2n) is 41.1. The van der Waals surface area contributed by atoms with E-state index in [0.717, 1.165) is 164 Å². The van der Waals surface area contributed by atoms with Crippen LogP contribution in [0.4, 0.5) is 0 Å². The van der Waals surface area contributed by atoms with Crippen LogP contribution < -0.4 is 10.9 Å². The van der Waals surface area contributed by atoms with Gasteiger partial charge in [-0.3, -0.25) is 14.5 Å². The average molecular weight is 1980 g/mol. The number of aryl methyl sites for hydroxylation is 2. The van der Waals surface area contributed by atoms with Gasteiger partial charge >= 0.3 is 180 Å². The van der Waals surface area contributed by atoms with Crippen LogP contribution in [0.3, 0.4) is 0 Å². The molecule has 22 heteroatoms. The summed E-state index contributed by atoms with van der Waals surface area (Å²) in [6.07, 6.45) is 46.1. The standard InChI is InChI=1S/C22H20ClNO3.C22H19ClO3.C14H18BNO2.C14H17BO2.C7H11NO.C7H10N.C7H10O.C7H9.6CH3.2Sn/c23-20-11-14(2-6-22(26)27)1-4-17(20)16-3-5-21(25)18(12-16)19-13-24-9-7-15(19)8-10-24;23-20-11-13(3-8-22(25)26)2-6-17(20)16-5-7-21(24)19(12-16)18-10-14-1-4-15(18)9-14;1-10-2-3-12(15(17)18)8-13(10)14-9-16-6-4-11(14)5-7-16;1-9-2-5-12(15(16)17)8-13(9)14-7-10-3-4-11(14)6-10;9-7-5-8-3-1-6(7)2-4-8;1-4-8-5-2-7(1)3-6-8;8-7-4-5-1-2-6(7)3-5;1-2-7-4-3-6(1)5-7;;;;;;;;/h1-6,11-13,15,25H,7-10H2,(H,26,27);2-3,5-8,10-12,14-15,24H,1,4,9H2,(H,25,26);2-3,8-9,11,17-18H,4-7H2,1H3;2,5,7-8,10-11,16-17H,3-4,6H2,1H3;6H,1-5H2;6-7H,1-2,4-5H2;5-6H,1-4H2;1,6-7H,3-5H2;6*1H3;;/b6-2+;8-3+;;;;;;;;;;;;;;. The third-order valence-corrected chi connectivity index (χ3v) is 44.0. The Hall–Kier alpha value is -7.37. The number of aromatic hydroxyl groups is 2. The normalized spacial score (nSPS) is 25.1. The van der Waals surface area contributed by atoms with Crippen LogP contribution in [0.15, 0.2) is 165 Å². The van der Waals surface area contributed by atoms with Crippen molar-refractivity contribution in [3.63, 3.8) is 0 Å². The topological polar surface area (TPSA) is 243 Å². The summed E-state index contributed by atoms with van der Waals surface area (Å²) >= 11 is 9.58. The molecule has 20 aliphatic rings. The number of benzene rings is 6. The number of rotatable bonds is 14. The number of hydrogen-bond acceptors (Lipinski definition) is 14. The molecule has 6 aromatic rings. The number of Topliss-reactive ketones (excluding diaryl/α,β-unsaturated/α-hetero) is 2. The van der Waals surface area contributed by atoms with Gasteiger partial charge in [0.1, 0.15) is 23.1 Å². The number of ketones is 2. The Kier molecular flexibility index (Phi) is 31.1. The predicted octanol–water partition coefficient (Wildman–Crippen LogP) is 20.1. The minimum atomic E-state index is -1.70. The van der Waals surface area contributed by atoms with Gasteiger partial charge in [-0.15, -0.1) is 0 Å². The molecule has 8 atom stereocenters. The number of piperidine rings is 6. The molecule has 8 N–H and O–H groups in total. The summed E-state index contributed by atoms with van der Waals surface area (Å²) in [6.45, 7) is 14.4. The molecule has 8 aliphatic carbocycles. The van der Waals surface area contributed by atoms with E-state index in [9.17, 15) is 49.5 Å². The van der Waals surface area contributed by atoms with Crippen molar-refractivity contribution < 1.29 is 59.7 Å². The number of carbonyl (C=O) groups excluding carboxylic acids is 2. The first-order valence-electron chi connectivity index (χ1n) is 47.5. The summed E-state index contributed by atoms with van der Waals surface area (Å²) in [5, 5.41) is 76.5. The second kappa shape index (κ2) is 41.8. The number of hydrogen-bond donors (Lipinski definition) is 8. The molecule has 8 unspecified atom stereocenters. The van der Waals surface area contributed by atoms with Gasteiger partial charge in [0, 0.05) is 101 Å². The second-order valence-corrected chi connectivity index (χ2v) is 70.9. The van der Waals surface area contributed by atoms with E-state index in [0.29, 0.717) is 79.7 Å². The zero-order valence-corrected chi connectivity index (χ0v) is 83.4. The number of allylic oxidation sites excluding steroid dienone is 9. The fraction of sp³-hybridized carbons (Fsp3) is 0.472. The summed E-state index contributed by atoms with van der Waals surface area (Å²) in [4.78, 5) is 67.9. The molecule has 0 radical (unpaired) electrons. The fourth-order valence-corrected chi connectivity index (χ4v) is 36.1. The van der Waals surface area contributed by atoms with E-state index in [1.165, 1.54) is 173 Å². The molecule has 0 amide bonds. The van der Waals surface area contributed by atoms with Crippen LogP contribution in [0.2, 0.25) is 39.7 Å². The van der Waals surface area contributed by atoms with Gasteiger partial charge in [0.25, 0.3) is 0 Å². The Labute approximate surface area is 777 Å². The van der Waals surface area contributed by atoms with E-state index in [2.05, 4.69) is 99.9 Å². The number of phenolic OH excluding ortho intramolecular Hbond substituents is 2. The molecular weight excluding hydrogens is 1850 g/mol. The molecule has 128 heavy (non-hydrogen) atoms. The predicted molar refractivity (Wildman–Crippen MR) is 527 cm³/mol. The first-order chi connectivity index (χ1) is 61.2. The van der Waals surface area contributed by atoms with Gasteiger partial charge in [0.05, 0.1) is 6.54 Å². The molecular formula is C106H132B2Cl2N4O12Sn2. The number of aliphatic carboxylic acids is 2. The van der Waals surface area contributed by atoms with Gasteiger partial charge in [-0.1, -0.05) is 108 Å². The number of nitrogens with zero attached hydrogens (tertiary/aromatic N) is 4. The number of carbonyl (C=O) groups is 4. The van der Waals surface area contributed by atoms with Crippen LogP contribution in [-0.4, -0.2) is 194 Å². The van der Waals surface area contributed by atoms with Crippen LogP contribution in [0.5, 0.6) is 11.5 Å². The van der Waals surface area contributed by atoms with E-state index in [1.807, 2.05) is 80.0 Å². The summed E-state index contributed by atoms with van der Waals surface area (Å²) < 4.78 is 3.84. The molecule has 0 spiro atoms. The third-order valence-electron chi connectivity index (χ3n) is 30.3. The summed E-state index contributed by atoms with van der Waals surface area (Å²) in [5.74, 6) is 8.22. The van der Waals surface area contributed by atoms with Crippen molar-refractivity contribution in [3.05, 3.63) is 220 Å². The quantitative estimate of drug-likeness (QED) is 0.0373. The van der Waals surface area contributed by atoms with E-state index in [-0.39, 0.29) is 5.75 Å². The van der Waals surface area contributed by atoms with Crippen LogP contribution in [-0.2, 0) is 19.2 Å². The Bertz CT molecular complexity index is 5360. The number of fused-ring (bicyclic) bond motifs is 17. The van der Waals surface area contributed by atoms with Gasteiger partial charge in [-0.05, 0) is 291 Å². The van der Waals surface area contributed by atoms with E-state index in [4.69, 9.17) is 33.4 Å². The van der Waals surface area contributed by atoms with Crippen molar-refractivity contribution in [3.8, 4) is 33.8 Å². The van der Waals surface area contributed by atoms with Crippen molar-refractivity contribution >= 4 is 143 Å². The molecule has 6 aromatic carbocycles. The van der Waals surface area contributed by atoms with Gasteiger partial charge < -0.3 is 50.3 Å². The molecule has 12 heterocycles. The maximum absolute atomic E-state index is 11.0. The molecule has 11 fully saturated rings. The molecule has 0 aromatic heterocycles. The fourth-order valence-electron chi connectivity index (χ4n) is 23.2. The summed E-state index contributed by atoms with van der Waals surface area (Å²) in [6, 6.07) is 33.5. The first-order valence-corrected chi connectivity index (χ1v) is 68.3. The van der Waals surface area contributed by atoms with Crippen molar-refractivity contribution in [2.75, 3.05) is 58.9 Å². The minimum absolute atomic E-state index is 0.288. The monoisotopic (exact) mass is 1980 g/mol. The SMILES string of the molecule is Cc1ccc(B(O)O)cc1C1=CC2CCC1C2.Cc1ccc(B(O)O)cc1C1=CN2CCC1CC2.O=C(O)/C=C/c1ccc(-c2ccc(O)c(C3=CC4CCC3C4)c2)c(Cl)c1.O=C(O)/C=C/c1ccc(-c2ccc(O)c(C3=CN4CCC3CC4)c2)c(Cl)c1.O=C1CC2CCC1C2.O=C1CN2CCC1CC2.[CH3][Sn]([CH3])([CH3])[C]1=CC2CCC1C2.[CH3][Sn]([CH3])([CH3])[C]1=CN2CCC1CC2. The van der Waals surface area contributed by atoms with E-state index in [1.54, 1.807) is 36.4 Å². The zero-order valence-electron chi connectivity index (χ0n) is 76.2. The molecule has 12 aliphatic heterocycles. The van der Waals surface area contributed by atoms with Gasteiger partial charge in [0.15, 0.2) is 0 Å². The molecule has 5 saturated carbocycles. The number of carboxylic acid groups (broad SMARTS) is 2. The number of phenols is 2. The molecule has 676 valence electrons. The van der Waals surface area contributed by atoms with Crippen LogP contribution in [0, 0.1) is 84.9 Å². The maximum atomic E-state index is 11.0. The van der Waals surface area contributed by atoms with E-state index < -0.39 is 62.9 Å². The third kappa shape index (κ3) is 23.4. The first kappa shape index (κ1) is 95.2. The Morgan fingerprint density at radius 3 is 1.11 bits per heavy atom. The van der Waals surface area contributed by atoms with Crippen molar-refractivity contribution in [1.82, 2.24) is 19.6 Å². The summed E-state index contributed by atoms with van der Waals surface area (Å²) in [7, 11) is -2.75. The van der Waals surface area contributed by atoms with Crippen LogP contribution in [0.1, 0.15) is 179 Å². The van der Waals surface area contributed by atoms with Crippen molar-refractivity contribution in [2.24, 2.45) is 71.0 Å². The molecule has 26 rings (SSSR count). The van der Waals surface area contributed by atoms with Crippen LogP contribution >= 0.6 is 23.2 Å². The Balaban J connectivity index is 0.000000116. The Morgan fingerprint density at radius 2 is 0.805 bits per heavy atom. The summed E-state index contributed by atoms with van der Waals surface area (Å²) in [5.41, 5.74) is 18.1. The van der Waals surface area contributed by atoms with Gasteiger partial charge in [-0.25, -0.2) is 9.59 Å². The van der Waals surface area contributed by atoms with Crippen molar-refractivity contribution in [2.45, 2.75) is 178 Å². The Morgan fingerprint density at radius 1 is 0.391 bits per heavy atom. The number of halogens is 2. The van der Waals surface area contributed by atoms with Gasteiger partial charge in [-0.2, -0.15) is 0 Å². The van der Waals surface area contributed by atoms with E-state index >= 15 is 0 Å². The zero-order chi connectivity index (χ0) is 90.6. The average Bonchev–Trinajstić information content (AvgIpc) is 1.78. The van der Waals surface area contributed by atoms with Crippen molar-refractivity contribution in [1.29, 1.82) is 0 Å². The number of carboxylic acids is 2. The van der Waals surface area contributed by atoms with Gasteiger partial charge in [0.2, 0.25) is 0 Å².